The van der Waals surface area contributed by atoms with Crippen LogP contribution < -0.4 is 0 Å². The Hall–Kier alpha value is -1.45. The number of hydrogen-bond donors (Lipinski definition) is 1. The fourth-order valence-electron chi connectivity index (χ4n) is 1.87. The first-order valence-corrected chi connectivity index (χ1v) is 5.12. The van der Waals surface area contributed by atoms with Crippen molar-refractivity contribution in [2.75, 3.05) is 0 Å². The van der Waals surface area contributed by atoms with E-state index in [-0.39, 0.29) is 11.8 Å². The molecule has 0 atom stereocenters. The monoisotopic (exact) mass is 208 g/mol. The van der Waals surface area contributed by atoms with Gasteiger partial charge in [0.15, 0.2) is 0 Å². The van der Waals surface area contributed by atoms with Crippen LogP contribution in [-0.4, -0.2) is 21.0 Å². The molecule has 1 N–H and O–H groups in total. The van der Waals surface area contributed by atoms with Gasteiger partial charge in [0.1, 0.15) is 6.33 Å². The van der Waals surface area contributed by atoms with Gasteiger partial charge in [0.2, 0.25) is 0 Å². The molecule has 0 aliphatic rings. The van der Waals surface area contributed by atoms with Gasteiger partial charge in [0.25, 0.3) is 0 Å². The molecule has 0 bridgehead atoms. The predicted molar refractivity (Wildman–Crippen MR) is 56.5 cm³/mol. The molecule has 82 valence electrons. The average molecular weight is 208 g/mol. The minimum atomic E-state index is -0.775. The van der Waals surface area contributed by atoms with Crippen molar-refractivity contribution < 1.29 is 9.90 Å². The van der Waals surface area contributed by atoms with Crippen LogP contribution in [0.25, 0.3) is 0 Å². The zero-order valence-electron chi connectivity index (χ0n) is 9.10. The molecule has 1 heterocycles. The van der Waals surface area contributed by atoms with E-state index in [0.29, 0.717) is 0 Å². The van der Waals surface area contributed by atoms with Crippen LogP contribution in [0.4, 0.5) is 0 Å². The summed E-state index contributed by atoms with van der Waals surface area (Å²) in [5.41, 5.74) is 0.588. The summed E-state index contributed by atoms with van der Waals surface area (Å²) in [6, 6.07) is 0. The first-order valence-electron chi connectivity index (χ1n) is 5.12. The van der Waals surface area contributed by atoms with Crippen LogP contribution >= 0.6 is 0 Å². The van der Waals surface area contributed by atoms with Crippen molar-refractivity contribution in [3.05, 3.63) is 24.3 Å². The highest BCUT2D eigenvalue weighted by molar-refractivity contribution is 5.69. The zero-order valence-corrected chi connectivity index (χ0v) is 9.10. The van der Waals surface area contributed by atoms with E-state index < -0.39 is 5.97 Å². The molecular weight excluding hydrogens is 192 g/mol. The molecule has 0 aliphatic heterocycles. The zero-order chi connectivity index (χ0) is 11.3. The van der Waals surface area contributed by atoms with E-state index in [2.05, 4.69) is 9.97 Å². The Morgan fingerprint density at radius 1 is 1.33 bits per heavy atom. The van der Waals surface area contributed by atoms with Crippen molar-refractivity contribution in [1.82, 2.24) is 9.97 Å². The van der Waals surface area contributed by atoms with E-state index in [1.165, 1.54) is 6.33 Å². The normalized spacial score (nSPS) is 11.3. The van der Waals surface area contributed by atoms with Crippen LogP contribution in [0.1, 0.15) is 38.7 Å². The van der Waals surface area contributed by atoms with Crippen LogP contribution in [-0.2, 0) is 10.2 Å². The van der Waals surface area contributed by atoms with Gasteiger partial charge in [-0.25, -0.2) is 9.97 Å². The molecular formula is C11H16N2O2. The molecule has 0 aromatic carbocycles. The quantitative estimate of drug-likeness (QED) is 0.804. The molecule has 0 aliphatic carbocycles. The number of aromatic nitrogens is 2. The first-order chi connectivity index (χ1) is 7.14. The van der Waals surface area contributed by atoms with Crippen molar-refractivity contribution in [3.63, 3.8) is 0 Å². The third-order valence-electron chi connectivity index (χ3n) is 3.02. The van der Waals surface area contributed by atoms with Gasteiger partial charge in [0, 0.05) is 17.8 Å². The van der Waals surface area contributed by atoms with Crippen molar-refractivity contribution in [2.45, 2.75) is 38.5 Å². The summed E-state index contributed by atoms with van der Waals surface area (Å²) in [5.74, 6) is -0.775. The predicted octanol–water partition coefficient (Wildman–Crippen LogP) is 2.01. The largest absolute Gasteiger partial charge is 0.481 e. The van der Waals surface area contributed by atoms with Gasteiger partial charge in [0.05, 0.1) is 6.42 Å². The molecule has 1 rings (SSSR count). The standard InChI is InChI=1S/C11H16N2O2/c1-3-11(4-2,5-10(14)15)9-6-12-8-13-7-9/h6-8H,3-5H2,1-2H3,(H,14,15). The first kappa shape index (κ1) is 11.6. The third kappa shape index (κ3) is 2.52. The highest BCUT2D eigenvalue weighted by atomic mass is 16.4. The fraction of sp³-hybridized carbons (Fsp3) is 0.545. The summed E-state index contributed by atoms with van der Waals surface area (Å²) in [6.45, 7) is 4.00. The van der Waals surface area contributed by atoms with Crippen LogP contribution in [0, 0.1) is 0 Å². The Labute approximate surface area is 89.4 Å². The summed E-state index contributed by atoms with van der Waals surface area (Å²) in [6.07, 6.45) is 6.58. The van der Waals surface area contributed by atoms with Crippen molar-refractivity contribution in [2.24, 2.45) is 0 Å². The lowest BCUT2D eigenvalue weighted by atomic mass is 9.74. The van der Waals surface area contributed by atoms with E-state index in [1.807, 2.05) is 13.8 Å². The summed E-state index contributed by atoms with van der Waals surface area (Å²) < 4.78 is 0. The summed E-state index contributed by atoms with van der Waals surface area (Å²) in [7, 11) is 0. The Morgan fingerprint density at radius 3 is 2.27 bits per heavy atom. The highest BCUT2D eigenvalue weighted by Crippen LogP contribution is 2.34. The van der Waals surface area contributed by atoms with E-state index in [0.717, 1.165) is 18.4 Å². The lowest BCUT2D eigenvalue weighted by Gasteiger charge is -2.29. The topological polar surface area (TPSA) is 63.1 Å². The Bertz CT molecular complexity index is 321. The molecule has 1 aromatic heterocycles. The lowest BCUT2D eigenvalue weighted by molar-refractivity contribution is -0.138. The molecule has 0 fully saturated rings. The molecule has 0 spiro atoms. The van der Waals surface area contributed by atoms with Gasteiger partial charge in [-0.3, -0.25) is 4.79 Å². The van der Waals surface area contributed by atoms with Gasteiger partial charge >= 0.3 is 5.97 Å². The molecule has 0 saturated carbocycles. The molecule has 1 aromatic rings. The number of carbonyl (C=O) groups is 1. The van der Waals surface area contributed by atoms with Gasteiger partial charge in [-0.2, -0.15) is 0 Å². The highest BCUT2D eigenvalue weighted by Gasteiger charge is 2.31. The van der Waals surface area contributed by atoms with Crippen LogP contribution in [0.3, 0.4) is 0 Å². The smallest absolute Gasteiger partial charge is 0.304 e. The van der Waals surface area contributed by atoms with Gasteiger partial charge < -0.3 is 5.11 Å². The Balaban J connectivity index is 3.05. The van der Waals surface area contributed by atoms with E-state index in [1.54, 1.807) is 12.4 Å². The molecule has 4 nitrogen and oxygen atoms in total. The van der Waals surface area contributed by atoms with Gasteiger partial charge in [-0.1, -0.05) is 13.8 Å². The number of hydrogen-bond acceptors (Lipinski definition) is 3. The Morgan fingerprint density at radius 2 is 1.87 bits per heavy atom. The second-order valence-electron chi connectivity index (χ2n) is 3.69. The van der Waals surface area contributed by atoms with E-state index in [4.69, 9.17) is 5.11 Å². The molecule has 0 saturated heterocycles. The maximum absolute atomic E-state index is 10.9. The third-order valence-corrected chi connectivity index (χ3v) is 3.02. The van der Waals surface area contributed by atoms with Gasteiger partial charge in [-0.05, 0) is 18.4 Å². The number of aliphatic carboxylic acids is 1. The molecule has 0 radical (unpaired) electrons. The summed E-state index contributed by atoms with van der Waals surface area (Å²) >= 11 is 0. The van der Waals surface area contributed by atoms with Crippen molar-refractivity contribution in [1.29, 1.82) is 0 Å². The number of carboxylic acid groups (broad SMARTS) is 1. The molecule has 0 amide bonds. The van der Waals surface area contributed by atoms with Crippen LogP contribution in [0.5, 0.6) is 0 Å². The average Bonchev–Trinajstić information content (AvgIpc) is 2.27. The minimum absolute atomic E-state index is 0.132. The van der Waals surface area contributed by atoms with Gasteiger partial charge in [-0.15, -0.1) is 0 Å². The fourth-order valence-corrected chi connectivity index (χ4v) is 1.87. The Kier molecular flexibility index (Phi) is 3.77. The van der Waals surface area contributed by atoms with E-state index in [9.17, 15) is 4.79 Å². The maximum Gasteiger partial charge on any atom is 0.304 e. The number of nitrogens with zero attached hydrogens (tertiary/aromatic N) is 2. The molecule has 15 heavy (non-hydrogen) atoms. The number of carboxylic acids is 1. The SMILES string of the molecule is CCC(CC)(CC(=O)O)c1cncnc1. The summed E-state index contributed by atoms with van der Waals surface area (Å²) in [4.78, 5) is 18.8. The second kappa shape index (κ2) is 4.87. The van der Waals surface area contributed by atoms with E-state index >= 15 is 0 Å². The summed E-state index contributed by atoms with van der Waals surface area (Å²) in [5, 5.41) is 8.93. The lowest BCUT2D eigenvalue weighted by Crippen LogP contribution is -2.28. The maximum atomic E-state index is 10.9. The number of rotatable bonds is 5. The van der Waals surface area contributed by atoms with Crippen LogP contribution in [0.15, 0.2) is 18.7 Å². The van der Waals surface area contributed by atoms with Crippen molar-refractivity contribution >= 4 is 5.97 Å². The van der Waals surface area contributed by atoms with Crippen LogP contribution in [0.2, 0.25) is 0 Å². The van der Waals surface area contributed by atoms with Crippen molar-refractivity contribution in [3.8, 4) is 0 Å². The molecule has 4 heteroatoms. The second-order valence-corrected chi connectivity index (χ2v) is 3.69. The minimum Gasteiger partial charge on any atom is -0.481 e. The molecule has 0 unspecified atom stereocenters.